The maximum Gasteiger partial charge on any atom is 0.265 e. The molecule has 3 aliphatic rings. The Morgan fingerprint density at radius 2 is 2.09 bits per heavy atom. The minimum atomic E-state index is -0.108. The Morgan fingerprint density at radius 3 is 2.91 bits per heavy atom. The van der Waals surface area contributed by atoms with Crippen LogP contribution < -0.4 is 16.2 Å². The Balaban J connectivity index is 1.58. The van der Waals surface area contributed by atoms with E-state index in [9.17, 15) is 4.79 Å². The number of aliphatic imine (C=N–C) groups is 1. The van der Waals surface area contributed by atoms with E-state index in [1.54, 1.807) is 0 Å². The number of benzene rings is 1. The van der Waals surface area contributed by atoms with Crippen LogP contribution in [0, 0.1) is 0 Å². The first-order chi connectivity index (χ1) is 10.7. The molecule has 3 N–H and O–H groups in total. The Kier molecular flexibility index (Phi) is 3.33. The molecule has 1 fully saturated rings. The fourth-order valence-electron chi connectivity index (χ4n) is 3.18. The topological polar surface area (TPSA) is 72.0 Å². The summed E-state index contributed by atoms with van der Waals surface area (Å²) in [6, 6.07) is 5.69. The number of piperazine rings is 1. The molecule has 7 heteroatoms. The first-order valence-corrected chi connectivity index (χ1v) is 7.64. The highest BCUT2D eigenvalue weighted by Gasteiger charge is 2.31. The van der Waals surface area contributed by atoms with E-state index in [1.807, 2.05) is 18.2 Å². The van der Waals surface area contributed by atoms with Crippen LogP contribution in [0.3, 0.4) is 0 Å². The molecular formula is C15H20N6O. The summed E-state index contributed by atoms with van der Waals surface area (Å²) in [7, 11) is 2.15. The van der Waals surface area contributed by atoms with Gasteiger partial charge in [-0.3, -0.25) is 15.1 Å². The predicted molar refractivity (Wildman–Crippen MR) is 84.0 cm³/mol. The molecule has 1 aromatic carbocycles. The maximum absolute atomic E-state index is 11.9. The van der Waals surface area contributed by atoms with Gasteiger partial charge in [0.1, 0.15) is 12.0 Å². The van der Waals surface area contributed by atoms with Crippen molar-refractivity contribution in [3.05, 3.63) is 29.3 Å². The van der Waals surface area contributed by atoms with E-state index in [0.717, 1.165) is 49.8 Å². The molecule has 4 rings (SSSR count). The molecule has 7 nitrogen and oxygen atoms in total. The first-order valence-electron chi connectivity index (χ1n) is 7.64. The van der Waals surface area contributed by atoms with Gasteiger partial charge in [0, 0.05) is 37.3 Å². The van der Waals surface area contributed by atoms with Gasteiger partial charge in [-0.05, 0) is 19.2 Å². The highest BCUT2D eigenvalue weighted by molar-refractivity contribution is 6.00. The third-order valence-corrected chi connectivity index (χ3v) is 4.48. The summed E-state index contributed by atoms with van der Waals surface area (Å²) in [4.78, 5) is 21.4. The van der Waals surface area contributed by atoms with E-state index in [-0.39, 0.29) is 12.1 Å². The summed E-state index contributed by atoms with van der Waals surface area (Å²) in [5.41, 5.74) is 8.24. The second-order valence-electron chi connectivity index (χ2n) is 6.05. The maximum atomic E-state index is 11.9. The molecule has 0 bridgehead atoms. The number of carbonyl (C=O) groups excluding carboxylic acids is 1. The van der Waals surface area contributed by atoms with Crippen LogP contribution in [0.25, 0.3) is 0 Å². The molecule has 116 valence electrons. The number of rotatable bonds is 2. The molecule has 1 saturated heterocycles. The van der Waals surface area contributed by atoms with Crippen LogP contribution in [-0.4, -0.2) is 61.3 Å². The molecule has 0 radical (unpaired) electrons. The summed E-state index contributed by atoms with van der Waals surface area (Å²) in [5.74, 6) is 0.843. The summed E-state index contributed by atoms with van der Waals surface area (Å²) in [6.45, 7) is 5.10. The van der Waals surface area contributed by atoms with Gasteiger partial charge in [0.05, 0.1) is 12.2 Å². The van der Waals surface area contributed by atoms with Gasteiger partial charge in [0.2, 0.25) is 0 Å². The van der Waals surface area contributed by atoms with Gasteiger partial charge in [0.15, 0.2) is 0 Å². The second kappa shape index (κ2) is 5.35. The minimum Gasteiger partial charge on any atom is -0.352 e. The average molecular weight is 300 g/mol. The zero-order valence-corrected chi connectivity index (χ0v) is 12.6. The molecule has 0 aliphatic carbocycles. The molecule has 0 aromatic heterocycles. The van der Waals surface area contributed by atoms with Gasteiger partial charge >= 0.3 is 0 Å². The minimum absolute atomic E-state index is 0.104. The molecular weight excluding hydrogens is 280 g/mol. The van der Waals surface area contributed by atoms with E-state index < -0.39 is 0 Å². The zero-order chi connectivity index (χ0) is 15.1. The summed E-state index contributed by atoms with van der Waals surface area (Å²) in [6.07, 6.45) is -0.108. The molecule has 0 spiro atoms. The Hall–Kier alpha value is -1.96. The van der Waals surface area contributed by atoms with Crippen LogP contribution in [0.2, 0.25) is 0 Å². The van der Waals surface area contributed by atoms with Gasteiger partial charge in [-0.15, -0.1) is 0 Å². The normalized spacial score (nSPS) is 25.0. The fraction of sp³-hybridized carbons (Fsp3) is 0.467. The molecule has 0 saturated carbocycles. The molecule has 3 aliphatic heterocycles. The van der Waals surface area contributed by atoms with Gasteiger partial charge in [-0.2, -0.15) is 0 Å². The smallest absolute Gasteiger partial charge is 0.265 e. The lowest BCUT2D eigenvalue weighted by Crippen LogP contribution is -2.55. The summed E-state index contributed by atoms with van der Waals surface area (Å²) >= 11 is 0. The third-order valence-electron chi connectivity index (χ3n) is 4.48. The van der Waals surface area contributed by atoms with Crippen LogP contribution in [0.5, 0.6) is 0 Å². The lowest BCUT2D eigenvalue weighted by molar-refractivity contribution is 0.0904. The largest absolute Gasteiger partial charge is 0.352 e. The number of hydrazine groups is 1. The van der Waals surface area contributed by atoms with Gasteiger partial charge < -0.3 is 10.2 Å². The molecule has 22 heavy (non-hydrogen) atoms. The molecule has 1 atom stereocenters. The Labute approximate surface area is 129 Å². The van der Waals surface area contributed by atoms with Crippen molar-refractivity contribution in [1.29, 1.82) is 0 Å². The molecule has 1 amide bonds. The van der Waals surface area contributed by atoms with Crippen LogP contribution in [0.15, 0.2) is 23.2 Å². The molecule has 1 aromatic rings. The number of nitrogens with one attached hydrogen (secondary N) is 3. The monoisotopic (exact) mass is 300 g/mol. The van der Waals surface area contributed by atoms with Crippen molar-refractivity contribution < 1.29 is 4.79 Å². The van der Waals surface area contributed by atoms with Crippen molar-refractivity contribution in [2.45, 2.75) is 6.17 Å². The fourth-order valence-corrected chi connectivity index (χ4v) is 3.18. The van der Waals surface area contributed by atoms with Crippen LogP contribution in [-0.2, 0) is 0 Å². The van der Waals surface area contributed by atoms with E-state index >= 15 is 0 Å². The zero-order valence-electron chi connectivity index (χ0n) is 12.6. The van der Waals surface area contributed by atoms with Gasteiger partial charge in [-0.25, -0.2) is 10.4 Å². The quantitative estimate of drug-likeness (QED) is 0.706. The standard InChI is InChI=1S/C15H20N6O/c1-20-5-7-21(8-6-20)9-12-16-11-4-2-3-10-13(11)14(17-12)18-19-15(10)22/h2-4,14,18H,5-9H2,1H3,(H,16,17)(H,19,22). The molecule has 3 heterocycles. The lowest BCUT2D eigenvalue weighted by atomic mass is 9.99. The summed E-state index contributed by atoms with van der Waals surface area (Å²) < 4.78 is 0. The van der Waals surface area contributed by atoms with Crippen molar-refractivity contribution in [1.82, 2.24) is 26.0 Å². The van der Waals surface area contributed by atoms with Crippen molar-refractivity contribution in [2.75, 3.05) is 39.8 Å². The van der Waals surface area contributed by atoms with Gasteiger partial charge in [-0.1, -0.05) is 6.07 Å². The number of likely N-dealkylation sites (N-methyl/N-ethyl adjacent to an activating group) is 1. The number of hydrogen-bond donors (Lipinski definition) is 3. The number of amides is 1. The number of carbonyl (C=O) groups is 1. The number of nitrogens with zero attached hydrogens (tertiary/aromatic N) is 3. The number of amidine groups is 1. The van der Waals surface area contributed by atoms with Crippen LogP contribution in [0.1, 0.15) is 22.1 Å². The third kappa shape index (κ3) is 2.37. The van der Waals surface area contributed by atoms with E-state index in [1.165, 1.54) is 0 Å². The lowest BCUT2D eigenvalue weighted by Gasteiger charge is -2.36. The average Bonchev–Trinajstić information content (AvgIpc) is 2.53. The van der Waals surface area contributed by atoms with Crippen molar-refractivity contribution in [3.63, 3.8) is 0 Å². The number of hydrogen-bond acceptors (Lipinski definition) is 6. The van der Waals surface area contributed by atoms with Crippen molar-refractivity contribution in [2.24, 2.45) is 4.99 Å². The van der Waals surface area contributed by atoms with Crippen molar-refractivity contribution >= 4 is 17.4 Å². The SMILES string of the molecule is CN1CCN(CC2=Nc3cccc4c3C(NNC4=O)N2)CC1. The van der Waals surface area contributed by atoms with E-state index in [2.05, 4.69) is 33.0 Å². The van der Waals surface area contributed by atoms with Crippen molar-refractivity contribution in [3.8, 4) is 0 Å². The highest BCUT2D eigenvalue weighted by Crippen LogP contribution is 2.32. The summed E-state index contributed by atoms with van der Waals surface area (Å²) in [5, 5.41) is 3.40. The predicted octanol–water partition coefficient (Wildman–Crippen LogP) is -0.186. The molecule has 1 unspecified atom stereocenters. The Bertz CT molecular complexity index is 635. The van der Waals surface area contributed by atoms with Gasteiger partial charge in [0.25, 0.3) is 5.91 Å². The Morgan fingerprint density at radius 1 is 1.27 bits per heavy atom. The second-order valence-corrected chi connectivity index (χ2v) is 6.05. The van der Waals surface area contributed by atoms with E-state index in [0.29, 0.717) is 5.56 Å². The first kappa shape index (κ1) is 13.7. The van der Waals surface area contributed by atoms with Crippen LogP contribution >= 0.6 is 0 Å². The highest BCUT2D eigenvalue weighted by atomic mass is 16.2. The van der Waals surface area contributed by atoms with Crippen LogP contribution in [0.4, 0.5) is 5.69 Å². The van der Waals surface area contributed by atoms with E-state index in [4.69, 9.17) is 4.99 Å².